The number of unbranched alkanes of at least 4 members (excludes halogenated alkanes) is 4. The van der Waals surface area contributed by atoms with E-state index in [1.165, 1.54) is 11.9 Å². The van der Waals surface area contributed by atoms with E-state index >= 15 is 14.4 Å². The van der Waals surface area contributed by atoms with Gasteiger partial charge in [0, 0.05) is 135 Å². The molecule has 3 aromatic carbocycles. The van der Waals surface area contributed by atoms with Crippen LogP contribution in [0.3, 0.4) is 0 Å². The third-order valence-corrected chi connectivity index (χ3v) is 22.2. The van der Waals surface area contributed by atoms with Gasteiger partial charge < -0.3 is 108 Å². The molecule has 4 aliphatic rings. The molecule has 8 rings (SSSR count). The van der Waals surface area contributed by atoms with Gasteiger partial charge in [0.2, 0.25) is 70.9 Å². The maximum Gasteiger partial charge on any atom is 0.317 e. The second kappa shape index (κ2) is 52.6. The van der Waals surface area contributed by atoms with Gasteiger partial charge in [-0.3, -0.25) is 96.3 Å². The Hall–Kier alpha value is -12.3. The van der Waals surface area contributed by atoms with E-state index in [1.807, 2.05) is 11.8 Å². The molecule has 0 saturated carbocycles. The van der Waals surface area contributed by atoms with Crippen molar-refractivity contribution in [3.8, 4) is 0 Å². The summed E-state index contributed by atoms with van der Waals surface area (Å²) in [5.74, 6) is -14.3. The first kappa shape index (κ1) is 100. The number of para-hydroxylation sites is 1. The summed E-state index contributed by atoms with van der Waals surface area (Å²) in [6, 6.07) is 11.6. The van der Waals surface area contributed by atoms with Gasteiger partial charge in [-0.25, -0.2) is 4.79 Å². The lowest BCUT2D eigenvalue weighted by molar-refractivity contribution is -0.146. The fourth-order valence-electron chi connectivity index (χ4n) is 15.1. The van der Waals surface area contributed by atoms with Gasteiger partial charge in [0.1, 0.15) is 48.9 Å². The predicted molar refractivity (Wildman–Crippen MR) is 457 cm³/mol. The Labute approximate surface area is 735 Å². The molecule has 0 spiro atoms. The number of nitrogens with one attached hydrogen (secondary N) is 12. The maximum absolute atomic E-state index is 15.4. The van der Waals surface area contributed by atoms with E-state index in [4.69, 9.17) is 9.47 Å². The molecule has 4 fully saturated rings. The first-order valence-corrected chi connectivity index (χ1v) is 43.0. The molecule has 4 saturated heterocycles. The SMILES string of the molecule is CCCCCC[C@@H]1NC(=O)[C@H](Cc2ccc(CNC(=O)COCCOCCNC(=O)CN3CCN(CC(=O)O)CCN(CC(=O)O)CC3)cc2)NC(=O)[C@H](Cc2ccccc2)N(C)C(=O)CNC(=O)CNC(=O)[C@H]2CCCN2C(=O)[C@H](CC(=O)O)NC(=O)[C@H](CCCCNC(=O)N2CCN(CC(=O)O)CC2)NC(=O)CNC(=O)[C@H](Cc2c[nH]c3ccccc23)NC1=O. The Bertz CT molecular complexity index is 4370. The molecule has 42 nitrogen and oxygen atoms in total. The van der Waals surface area contributed by atoms with Crippen LogP contribution in [0, 0.1) is 0 Å². The summed E-state index contributed by atoms with van der Waals surface area (Å²) >= 11 is 0. The van der Waals surface area contributed by atoms with Crippen molar-refractivity contribution < 1.29 is 111 Å². The number of carbonyl (C=O) groups is 17. The number of carboxylic acids is 4. The molecule has 42 heteroatoms. The second-order valence-electron chi connectivity index (χ2n) is 31.8. The van der Waals surface area contributed by atoms with Crippen molar-refractivity contribution in [2.45, 2.75) is 146 Å². The van der Waals surface area contributed by atoms with E-state index in [-0.39, 0.29) is 156 Å². The highest BCUT2D eigenvalue weighted by molar-refractivity contribution is 6.00. The van der Waals surface area contributed by atoms with Crippen LogP contribution in [0.1, 0.15) is 99.8 Å². The number of hydrogen-bond donors (Lipinski definition) is 16. The van der Waals surface area contributed by atoms with Crippen molar-refractivity contribution in [1.82, 2.24) is 97.8 Å². The van der Waals surface area contributed by atoms with Crippen LogP contribution in [-0.2, 0) is 112 Å². The number of urea groups is 1. The topological polar surface area (TPSA) is 560 Å². The largest absolute Gasteiger partial charge is 0.481 e. The van der Waals surface area contributed by atoms with E-state index in [9.17, 15) is 87.5 Å². The molecule has 16 N–H and O–H groups in total. The van der Waals surface area contributed by atoms with Crippen LogP contribution in [0.15, 0.2) is 85.1 Å². The number of rotatable bonds is 36. The van der Waals surface area contributed by atoms with E-state index in [2.05, 4.69) is 63.5 Å². The number of nitrogens with zero attached hydrogens (tertiary/aromatic N) is 7. The number of aliphatic carboxylic acids is 4. The Kier molecular flexibility index (Phi) is 41.5. The lowest BCUT2D eigenvalue weighted by Gasteiger charge is -2.33. The lowest BCUT2D eigenvalue weighted by Crippen LogP contribution is -2.60. The molecule has 4 aliphatic heterocycles. The first-order valence-electron chi connectivity index (χ1n) is 43.0. The molecule has 1 aromatic heterocycles. The number of ether oxygens (including phenoxy) is 2. The van der Waals surface area contributed by atoms with Gasteiger partial charge in [-0.2, -0.15) is 0 Å². The Balaban J connectivity index is 0.992. The molecule has 0 radical (unpaired) electrons. The number of fused-ring (bicyclic) bond motifs is 2. The van der Waals surface area contributed by atoms with Crippen molar-refractivity contribution in [3.63, 3.8) is 0 Å². The van der Waals surface area contributed by atoms with E-state index in [0.717, 1.165) is 22.6 Å². The van der Waals surface area contributed by atoms with Gasteiger partial charge in [0.05, 0.1) is 72.1 Å². The minimum absolute atomic E-state index is 0.00608. The third-order valence-electron chi connectivity index (χ3n) is 22.2. The fraction of sp³-hybridized carbons (Fsp3) is 0.565. The summed E-state index contributed by atoms with van der Waals surface area (Å²) in [5.41, 5.74) is 2.90. The number of piperazine rings is 1. The number of H-pyrrole nitrogens is 1. The van der Waals surface area contributed by atoms with Crippen molar-refractivity contribution >= 4 is 112 Å². The van der Waals surface area contributed by atoms with Crippen LogP contribution < -0.4 is 58.5 Å². The fourth-order valence-corrected chi connectivity index (χ4v) is 15.1. The molecular formula is C85H121N19O23. The smallest absolute Gasteiger partial charge is 0.317 e. The lowest BCUT2D eigenvalue weighted by atomic mass is 9.99. The zero-order valence-corrected chi connectivity index (χ0v) is 71.9. The van der Waals surface area contributed by atoms with E-state index in [1.54, 1.807) is 99.8 Å². The molecule has 127 heavy (non-hydrogen) atoms. The van der Waals surface area contributed by atoms with Crippen molar-refractivity contribution in [2.24, 2.45) is 0 Å². The quantitative estimate of drug-likeness (QED) is 0.0198. The summed E-state index contributed by atoms with van der Waals surface area (Å²) in [6.07, 6.45) is 3.05. The minimum Gasteiger partial charge on any atom is -0.481 e. The predicted octanol–water partition coefficient (Wildman–Crippen LogP) is -3.32. The second-order valence-corrected chi connectivity index (χ2v) is 31.8. The summed E-state index contributed by atoms with van der Waals surface area (Å²) in [7, 11) is 1.32. The number of aromatic nitrogens is 1. The van der Waals surface area contributed by atoms with Crippen molar-refractivity contribution in [2.75, 3.05) is 164 Å². The molecule has 7 atom stereocenters. The monoisotopic (exact) mass is 1780 g/mol. The number of amides is 14. The Morgan fingerprint density at radius 2 is 1.00 bits per heavy atom. The molecule has 694 valence electrons. The molecule has 5 heterocycles. The van der Waals surface area contributed by atoms with Gasteiger partial charge in [-0.05, 0) is 66.8 Å². The highest BCUT2D eigenvalue weighted by Gasteiger charge is 2.41. The summed E-state index contributed by atoms with van der Waals surface area (Å²) < 4.78 is 11.1. The van der Waals surface area contributed by atoms with Crippen LogP contribution in [-0.4, -0.2) is 367 Å². The highest BCUT2D eigenvalue weighted by Crippen LogP contribution is 2.23. The summed E-state index contributed by atoms with van der Waals surface area (Å²) in [6.45, 7) is 2.54. The number of carboxylic acid groups (broad SMARTS) is 4. The molecule has 14 amide bonds. The standard InChI is InChI=1S/C85H121N19O23/c1-3-4-5-9-19-63-80(120)95-65(44-59-47-88-61-18-11-10-17-60(59)61)78(118)91-49-70(106)93-62(20-12-13-26-87-85(125)103-37-35-102(36-38-103)54-77(116)117)79(119)97-66(45-74(110)111)84(124)104-28-14-21-67(104)82(122)92-48-69(105)90-50-73(109)98(2)68(43-56-15-7-6-8-16-56)83(123)96-64(81(121)94-63)42-57-22-24-58(25-23-57)46-89-72(108)55-127-41-40-126-39-27-86-71(107)51-99-29-31-100(52-75(112)113)33-34-101(32-30-99)53-76(114)115/h6-8,10-11,15-18,22-25,47,62-68,88H,3-5,9,12-14,19-21,26-46,48-55H2,1-2H3,(H,86,107)(H,87,125)(H,89,108)(H,90,105)(H,91,118)(H,92,122)(H,93,106)(H,94,121)(H,95,120)(H,96,123)(H,97,119)(H,110,111)(H,112,113)(H,114,115)(H,116,117)/t62-,63-,64-,65-,66-,67+,68-/m0/s1. The summed E-state index contributed by atoms with van der Waals surface area (Å²) in [5, 5.41) is 68.3. The zero-order valence-electron chi connectivity index (χ0n) is 71.9. The average Bonchev–Trinajstić information content (AvgIpc) is 1.72. The molecule has 0 bridgehead atoms. The van der Waals surface area contributed by atoms with Crippen LogP contribution in [0.25, 0.3) is 10.9 Å². The number of aromatic amines is 1. The molecule has 0 unspecified atom stereocenters. The number of likely N-dealkylation sites (N-methyl/N-ethyl adjacent to an activating group) is 1. The van der Waals surface area contributed by atoms with Crippen LogP contribution in [0.5, 0.6) is 0 Å². The number of carbonyl (C=O) groups excluding carboxylic acids is 13. The van der Waals surface area contributed by atoms with Crippen molar-refractivity contribution in [3.05, 3.63) is 107 Å². The van der Waals surface area contributed by atoms with E-state index < -0.39 is 163 Å². The molecule has 4 aromatic rings. The molecular weight excluding hydrogens is 1660 g/mol. The third kappa shape index (κ3) is 34.9. The van der Waals surface area contributed by atoms with Crippen LogP contribution >= 0.6 is 0 Å². The first-order chi connectivity index (χ1) is 61.0. The average molecular weight is 1780 g/mol. The van der Waals surface area contributed by atoms with Crippen LogP contribution in [0.4, 0.5) is 4.79 Å². The zero-order chi connectivity index (χ0) is 91.7. The molecule has 0 aliphatic carbocycles. The maximum atomic E-state index is 15.4. The van der Waals surface area contributed by atoms with E-state index in [0.29, 0.717) is 98.4 Å². The highest BCUT2D eigenvalue weighted by atomic mass is 16.5. The van der Waals surface area contributed by atoms with Crippen molar-refractivity contribution in [1.29, 1.82) is 0 Å². The Morgan fingerprint density at radius 3 is 1.65 bits per heavy atom. The van der Waals surface area contributed by atoms with Gasteiger partial charge in [0.15, 0.2) is 0 Å². The Morgan fingerprint density at radius 1 is 0.457 bits per heavy atom. The normalized spacial score (nSPS) is 21.1. The van der Waals surface area contributed by atoms with Crippen LogP contribution in [0.2, 0.25) is 0 Å². The van der Waals surface area contributed by atoms with Gasteiger partial charge in [-0.15, -0.1) is 0 Å². The number of hydrogen-bond acceptors (Lipinski definition) is 23. The number of benzene rings is 3. The van der Waals surface area contributed by atoms with Gasteiger partial charge >= 0.3 is 29.9 Å². The summed E-state index contributed by atoms with van der Waals surface area (Å²) in [4.78, 5) is 246. The van der Waals surface area contributed by atoms with Gasteiger partial charge in [-0.1, -0.05) is 105 Å². The van der Waals surface area contributed by atoms with Gasteiger partial charge in [0.25, 0.3) is 0 Å². The minimum atomic E-state index is -1.83.